The zero-order valence-electron chi connectivity index (χ0n) is 11.7. The third kappa shape index (κ3) is 9.42. The molecule has 0 aliphatic carbocycles. The smallest absolute Gasteiger partial charge is 0.191 e. The Hall–Kier alpha value is -0.120. The summed E-state index contributed by atoms with van der Waals surface area (Å²) in [6, 6.07) is 0. The quantitative estimate of drug-likeness (QED) is 0.287. The summed E-state index contributed by atoms with van der Waals surface area (Å²) < 4.78 is 15.5. The van der Waals surface area contributed by atoms with Crippen molar-refractivity contribution in [1.82, 2.24) is 4.90 Å². The molecule has 0 aromatic rings. The van der Waals surface area contributed by atoms with Gasteiger partial charge >= 0.3 is 0 Å². The molecule has 2 N–H and O–H groups in total. The Morgan fingerprint density at radius 1 is 1.21 bits per heavy atom. The van der Waals surface area contributed by atoms with E-state index in [4.69, 9.17) is 19.9 Å². The van der Waals surface area contributed by atoms with Crippen LogP contribution in [0.2, 0.25) is 0 Å². The van der Waals surface area contributed by atoms with Crippen LogP contribution < -0.4 is 5.73 Å². The number of rotatable bonds is 8. The molecule has 0 bridgehead atoms. The molecule has 0 aromatic carbocycles. The van der Waals surface area contributed by atoms with Gasteiger partial charge in [-0.25, -0.2) is 0 Å². The maximum Gasteiger partial charge on any atom is 0.191 e. The fourth-order valence-electron chi connectivity index (χ4n) is 1.65. The van der Waals surface area contributed by atoms with Crippen molar-refractivity contribution in [2.75, 3.05) is 59.8 Å². The van der Waals surface area contributed by atoms with Crippen LogP contribution in [0, 0.1) is 0 Å². The first kappa shape index (κ1) is 18.9. The number of hydrogen-bond donors (Lipinski definition) is 1. The lowest BCUT2D eigenvalue weighted by molar-refractivity contribution is 0.0671. The highest BCUT2D eigenvalue weighted by Gasteiger charge is 2.11. The molecule has 1 heterocycles. The summed E-state index contributed by atoms with van der Waals surface area (Å²) in [5.74, 6) is 0.638. The van der Waals surface area contributed by atoms with Gasteiger partial charge in [-0.1, -0.05) is 0 Å². The predicted octanol–water partition coefficient (Wildman–Crippen LogP) is 0.695. The average Bonchev–Trinajstić information content (AvgIpc) is 2.42. The van der Waals surface area contributed by atoms with Gasteiger partial charge in [0.05, 0.1) is 26.4 Å². The van der Waals surface area contributed by atoms with E-state index in [0.717, 1.165) is 52.3 Å². The fourth-order valence-corrected chi connectivity index (χ4v) is 1.65. The standard InChI is InChI=1S/C12H25N3O3.HI/c1-16-10-11-17-7-3-2-4-14-12(13)15-5-8-18-9-6-15;/h2-11H2,1H3,(H2,13,14);1H. The Balaban J connectivity index is 0.00000324. The van der Waals surface area contributed by atoms with Gasteiger partial charge in [0, 0.05) is 33.4 Å². The maximum absolute atomic E-state index is 5.90. The average molecular weight is 387 g/mol. The number of unbranched alkanes of at least 4 members (excludes halogenated alkanes) is 1. The van der Waals surface area contributed by atoms with E-state index in [9.17, 15) is 0 Å². The second-order valence-corrected chi connectivity index (χ2v) is 4.15. The van der Waals surface area contributed by atoms with Crippen LogP contribution in [0.15, 0.2) is 4.99 Å². The molecule has 19 heavy (non-hydrogen) atoms. The molecule has 0 atom stereocenters. The number of aliphatic imine (C=N–C) groups is 1. The van der Waals surface area contributed by atoms with Crippen LogP contribution in [-0.4, -0.2) is 70.6 Å². The summed E-state index contributed by atoms with van der Waals surface area (Å²) in [6.45, 7) is 6.00. The van der Waals surface area contributed by atoms with Gasteiger partial charge in [-0.2, -0.15) is 0 Å². The Labute approximate surface area is 132 Å². The summed E-state index contributed by atoms with van der Waals surface area (Å²) in [4.78, 5) is 6.43. The molecule has 6 nitrogen and oxygen atoms in total. The van der Waals surface area contributed by atoms with Crippen LogP contribution in [0.1, 0.15) is 12.8 Å². The number of halogens is 1. The highest BCUT2D eigenvalue weighted by molar-refractivity contribution is 14.0. The van der Waals surface area contributed by atoms with E-state index in [-0.39, 0.29) is 24.0 Å². The number of guanidine groups is 1. The molecule has 1 fully saturated rings. The minimum atomic E-state index is 0. The van der Waals surface area contributed by atoms with Gasteiger partial charge in [-0.3, -0.25) is 4.99 Å². The van der Waals surface area contributed by atoms with Crippen molar-refractivity contribution < 1.29 is 14.2 Å². The van der Waals surface area contributed by atoms with Crippen LogP contribution in [-0.2, 0) is 14.2 Å². The number of morpholine rings is 1. The zero-order valence-corrected chi connectivity index (χ0v) is 14.0. The second-order valence-electron chi connectivity index (χ2n) is 4.15. The van der Waals surface area contributed by atoms with E-state index in [2.05, 4.69) is 9.89 Å². The van der Waals surface area contributed by atoms with Gasteiger partial charge in [-0.15, -0.1) is 24.0 Å². The molecule has 1 aliphatic heterocycles. The summed E-state index contributed by atoms with van der Waals surface area (Å²) >= 11 is 0. The van der Waals surface area contributed by atoms with Crippen molar-refractivity contribution in [1.29, 1.82) is 0 Å². The van der Waals surface area contributed by atoms with Crippen molar-refractivity contribution in [3.8, 4) is 0 Å². The predicted molar refractivity (Wildman–Crippen MR) is 86.2 cm³/mol. The van der Waals surface area contributed by atoms with E-state index in [0.29, 0.717) is 19.2 Å². The summed E-state index contributed by atoms with van der Waals surface area (Å²) in [5, 5.41) is 0. The third-order valence-electron chi connectivity index (χ3n) is 2.74. The molecule has 0 unspecified atom stereocenters. The fraction of sp³-hybridized carbons (Fsp3) is 0.917. The lowest BCUT2D eigenvalue weighted by Crippen LogP contribution is -2.44. The first-order chi connectivity index (χ1) is 8.84. The minimum Gasteiger partial charge on any atom is -0.382 e. The van der Waals surface area contributed by atoms with Crippen molar-refractivity contribution in [2.24, 2.45) is 10.7 Å². The number of ether oxygens (including phenoxy) is 3. The van der Waals surface area contributed by atoms with E-state index in [1.54, 1.807) is 7.11 Å². The van der Waals surface area contributed by atoms with Gasteiger partial charge < -0.3 is 24.8 Å². The molecule has 7 heteroatoms. The molecule has 1 aliphatic rings. The van der Waals surface area contributed by atoms with Crippen molar-refractivity contribution >= 4 is 29.9 Å². The Bertz CT molecular complexity index is 236. The van der Waals surface area contributed by atoms with Crippen LogP contribution >= 0.6 is 24.0 Å². The Kier molecular flexibility index (Phi) is 12.8. The van der Waals surface area contributed by atoms with Crippen molar-refractivity contribution in [3.63, 3.8) is 0 Å². The summed E-state index contributed by atoms with van der Waals surface area (Å²) in [6.07, 6.45) is 2.00. The van der Waals surface area contributed by atoms with E-state index in [1.165, 1.54) is 0 Å². The summed E-state index contributed by atoms with van der Waals surface area (Å²) in [5.41, 5.74) is 5.90. The number of nitrogens with zero attached hydrogens (tertiary/aromatic N) is 2. The minimum absolute atomic E-state index is 0. The zero-order chi connectivity index (χ0) is 13.1. The topological polar surface area (TPSA) is 69.3 Å². The molecule has 0 radical (unpaired) electrons. The van der Waals surface area contributed by atoms with Crippen LogP contribution in [0.25, 0.3) is 0 Å². The normalized spacial score (nSPS) is 16.3. The van der Waals surface area contributed by atoms with Crippen molar-refractivity contribution in [3.05, 3.63) is 0 Å². The van der Waals surface area contributed by atoms with Crippen LogP contribution in [0.5, 0.6) is 0 Å². The maximum atomic E-state index is 5.90. The van der Waals surface area contributed by atoms with E-state index in [1.807, 2.05) is 0 Å². The molecule has 0 saturated carbocycles. The highest BCUT2D eigenvalue weighted by Crippen LogP contribution is 1.97. The molecule has 0 spiro atoms. The third-order valence-corrected chi connectivity index (χ3v) is 2.74. The second kappa shape index (κ2) is 12.9. The monoisotopic (exact) mass is 387 g/mol. The highest BCUT2D eigenvalue weighted by atomic mass is 127. The number of methoxy groups -OCH3 is 1. The van der Waals surface area contributed by atoms with Gasteiger partial charge in [0.1, 0.15) is 0 Å². The van der Waals surface area contributed by atoms with Crippen LogP contribution in [0.4, 0.5) is 0 Å². The first-order valence-corrected chi connectivity index (χ1v) is 6.54. The van der Waals surface area contributed by atoms with Gasteiger partial charge in [0.2, 0.25) is 0 Å². The molecule has 0 aromatic heterocycles. The Morgan fingerprint density at radius 2 is 1.95 bits per heavy atom. The lowest BCUT2D eigenvalue weighted by atomic mass is 10.3. The van der Waals surface area contributed by atoms with Gasteiger partial charge in [0.25, 0.3) is 0 Å². The van der Waals surface area contributed by atoms with Gasteiger partial charge in [0.15, 0.2) is 5.96 Å². The van der Waals surface area contributed by atoms with Crippen molar-refractivity contribution in [2.45, 2.75) is 12.8 Å². The van der Waals surface area contributed by atoms with Crippen LogP contribution in [0.3, 0.4) is 0 Å². The molecule has 114 valence electrons. The first-order valence-electron chi connectivity index (χ1n) is 6.54. The SMILES string of the molecule is COCCOCCCCN=C(N)N1CCOCC1.I. The molecular formula is C12H26IN3O3. The lowest BCUT2D eigenvalue weighted by Gasteiger charge is -2.27. The molecule has 1 saturated heterocycles. The molecule has 0 amide bonds. The number of hydrogen-bond acceptors (Lipinski definition) is 4. The Morgan fingerprint density at radius 3 is 2.63 bits per heavy atom. The molecule has 1 rings (SSSR count). The number of nitrogens with two attached hydrogens (primary N) is 1. The van der Waals surface area contributed by atoms with E-state index >= 15 is 0 Å². The van der Waals surface area contributed by atoms with Gasteiger partial charge in [-0.05, 0) is 12.8 Å². The van der Waals surface area contributed by atoms with E-state index < -0.39 is 0 Å². The summed E-state index contributed by atoms with van der Waals surface area (Å²) in [7, 11) is 1.67. The molecular weight excluding hydrogens is 361 g/mol. The largest absolute Gasteiger partial charge is 0.382 e.